The average molecular weight is 445 g/mol. The van der Waals surface area contributed by atoms with Gasteiger partial charge in [-0.05, 0) is 31.0 Å². The number of aromatic nitrogens is 2. The summed E-state index contributed by atoms with van der Waals surface area (Å²) in [6, 6.07) is 6.61. The molecule has 1 aliphatic carbocycles. The summed E-state index contributed by atoms with van der Waals surface area (Å²) in [7, 11) is 1.38. The fourth-order valence-corrected chi connectivity index (χ4v) is 3.42. The van der Waals surface area contributed by atoms with Gasteiger partial charge in [0.2, 0.25) is 0 Å². The van der Waals surface area contributed by atoms with Crippen LogP contribution >= 0.6 is 0 Å². The summed E-state index contributed by atoms with van der Waals surface area (Å²) in [5, 5.41) is 2.79. The molecule has 2 fully saturated rings. The summed E-state index contributed by atoms with van der Waals surface area (Å²) >= 11 is 0. The van der Waals surface area contributed by atoms with E-state index in [0.717, 1.165) is 12.8 Å². The molecule has 2 aliphatic rings. The lowest BCUT2D eigenvalue weighted by Crippen LogP contribution is -2.26. The normalized spacial score (nSPS) is 17.4. The van der Waals surface area contributed by atoms with Crippen LogP contribution in [0.5, 0.6) is 17.2 Å². The molecule has 10 heteroatoms. The number of alkyl halides is 2. The highest BCUT2D eigenvalue weighted by Crippen LogP contribution is 2.37. The van der Waals surface area contributed by atoms with Crippen LogP contribution in [0.15, 0.2) is 36.7 Å². The van der Waals surface area contributed by atoms with Gasteiger partial charge >= 0.3 is 6.61 Å². The van der Waals surface area contributed by atoms with Gasteiger partial charge in [0.05, 0.1) is 25.6 Å². The van der Waals surface area contributed by atoms with E-state index < -0.39 is 12.5 Å². The Morgan fingerprint density at radius 1 is 1.31 bits per heavy atom. The molecular weight excluding hydrogens is 424 g/mol. The SMILES string of the molecule is COc1cc(-c2cnc3cc(OCC4CO4)ccn23)cc(OC(F)F)c1C(=O)NC1CC1. The third kappa shape index (κ3) is 4.31. The molecule has 0 radical (unpaired) electrons. The number of carbonyl (C=O) groups is 1. The van der Waals surface area contributed by atoms with E-state index in [1.54, 1.807) is 35.0 Å². The predicted molar refractivity (Wildman–Crippen MR) is 110 cm³/mol. The Morgan fingerprint density at radius 3 is 2.78 bits per heavy atom. The van der Waals surface area contributed by atoms with E-state index in [1.807, 2.05) is 0 Å². The number of amides is 1. The zero-order valence-electron chi connectivity index (χ0n) is 17.2. The summed E-state index contributed by atoms with van der Waals surface area (Å²) in [6.45, 7) is -1.92. The van der Waals surface area contributed by atoms with E-state index in [2.05, 4.69) is 10.3 Å². The van der Waals surface area contributed by atoms with Gasteiger partial charge in [0, 0.05) is 23.9 Å². The Balaban J connectivity index is 1.51. The minimum Gasteiger partial charge on any atom is -0.496 e. The van der Waals surface area contributed by atoms with Crippen LogP contribution in [0.3, 0.4) is 0 Å². The number of halogens is 2. The Kier molecular flexibility index (Phi) is 5.30. The van der Waals surface area contributed by atoms with Crippen LogP contribution in [0.25, 0.3) is 16.9 Å². The molecule has 1 saturated heterocycles. The van der Waals surface area contributed by atoms with E-state index in [0.29, 0.717) is 35.9 Å². The molecular formula is C22H21F2N3O5. The number of nitrogens with zero attached hydrogens (tertiary/aromatic N) is 2. The standard InChI is InChI=1S/C22H21F2N3O5/c1-29-17-6-12(7-18(32-22(23)24)20(17)21(28)26-13-2-3-13)16-9-25-19-8-14(4-5-27(16)19)30-10-15-11-31-15/h4-9,13,15,22H,2-3,10-11H2,1H3,(H,26,28). The summed E-state index contributed by atoms with van der Waals surface area (Å²) in [5.41, 5.74) is 1.67. The molecule has 1 unspecified atom stereocenters. The molecule has 3 heterocycles. The first kappa shape index (κ1) is 20.5. The van der Waals surface area contributed by atoms with Crippen molar-refractivity contribution in [1.82, 2.24) is 14.7 Å². The summed E-state index contributed by atoms with van der Waals surface area (Å²) in [4.78, 5) is 17.1. The molecule has 1 saturated carbocycles. The van der Waals surface area contributed by atoms with Gasteiger partial charge in [-0.25, -0.2) is 4.98 Å². The number of methoxy groups -OCH3 is 1. The van der Waals surface area contributed by atoms with E-state index in [1.165, 1.54) is 13.2 Å². The van der Waals surface area contributed by atoms with Crippen LogP contribution in [0.4, 0.5) is 8.78 Å². The lowest BCUT2D eigenvalue weighted by atomic mass is 10.1. The summed E-state index contributed by atoms with van der Waals surface area (Å²) < 4.78 is 49.0. The summed E-state index contributed by atoms with van der Waals surface area (Å²) in [6.07, 6.45) is 5.23. The molecule has 1 aromatic carbocycles. The van der Waals surface area contributed by atoms with Gasteiger partial charge in [-0.15, -0.1) is 0 Å². The number of hydrogen-bond acceptors (Lipinski definition) is 6. The van der Waals surface area contributed by atoms with Crippen molar-refractivity contribution in [3.8, 4) is 28.5 Å². The number of carbonyl (C=O) groups excluding carboxylic acids is 1. The third-order valence-electron chi connectivity index (χ3n) is 5.26. The number of pyridine rings is 1. The number of fused-ring (bicyclic) bond motifs is 1. The lowest BCUT2D eigenvalue weighted by molar-refractivity contribution is -0.0502. The van der Waals surface area contributed by atoms with Crippen molar-refractivity contribution < 1.29 is 32.5 Å². The predicted octanol–water partition coefficient (Wildman–Crippen LogP) is 3.28. The van der Waals surface area contributed by atoms with Crippen LogP contribution < -0.4 is 19.5 Å². The minimum atomic E-state index is -3.10. The molecule has 1 N–H and O–H groups in total. The van der Waals surface area contributed by atoms with Crippen LogP contribution in [0, 0.1) is 0 Å². The average Bonchev–Trinajstić information content (AvgIpc) is 3.70. The van der Waals surface area contributed by atoms with Gasteiger partial charge in [-0.1, -0.05) is 0 Å². The van der Waals surface area contributed by atoms with Crippen LogP contribution in [-0.2, 0) is 4.74 Å². The zero-order chi connectivity index (χ0) is 22.2. The Labute approximate surface area is 182 Å². The number of hydrogen-bond donors (Lipinski definition) is 1. The molecule has 32 heavy (non-hydrogen) atoms. The molecule has 0 bridgehead atoms. The number of rotatable bonds is 9. The smallest absolute Gasteiger partial charge is 0.387 e. The number of benzene rings is 1. The molecule has 0 spiro atoms. The largest absolute Gasteiger partial charge is 0.496 e. The highest BCUT2D eigenvalue weighted by molar-refractivity contribution is 6.01. The second-order valence-electron chi connectivity index (χ2n) is 7.68. The van der Waals surface area contributed by atoms with Crippen LogP contribution in [0.2, 0.25) is 0 Å². The second-order valence-corrected chi connectivity index (χ2v) is 7.68. The molecule has 1 atom stereocenters. The number of imidazole rings is 1. The third-order valence-corrected chi connectivity index (χ3v) is 5.26. The Morgan fingerprint density at radius 2 is 2.09 bits per heavy atom. The van der Waals surface area contributed by atoms with E-state index in [9.17, 15) is 13.6 Å². The van der Waals surface area contributed by atoms with E-state index in [-0.39, 0.29) is 29.2 Å². The van der Waals surface area contributed by atoms with Crippen molar-refractivity contribution in [2.75, 3.05) is 20.3 Å². The molecule has 1 aliphatic heterocycles. The van der Waals surface area contributed by atoms with Crippen molar-refractivity contribution in [3.63, 3.8) is 0 Å². The topological polar surface area (TPSA) is 86.6 Å². The van der Waals surface area contributed by atoms with Gasteiger partial charge in [-0.3, -0.25) is 9.20 Å². The Bertz CT molecular complexity index is 1160. The molecule has 8 nitrogen and oxygen atoms in total. The van der Waals surface area contributed by atoms with Crippen LogP contribution in [0.1, 0.15) is 23.2 Å². The van der Waals surface area contributed by atoms with Crippen molar-refractivity contribution in [2.24, 2.45) is 0 Å². The number of epoxide rings is 1. The fourth-order valence-electron chi connectivity index (χ4n) is 3.42. The van der Waals surface area contributed by atoms with Gasteiger partial charge in [0.15, 0.2) is 0 Å². The van der Waals surface area contributed by atoms with E-state index >= 15 is 0 Å². The maximum atomic E-state index is 13.1. The molecule has 168 valence electrons. The van der Waals surface area contributed by atoms with Crippen molar-refractivity contribution >= 4 is 11.6 Å². The highest BCUT2D eigenvalue weighted by Gasteiger charge is 2.29. The summed E-state index contributed by atoms with van der Waals surface area (Å²) in [5.74, 6) is 0.0187. The number of nitrogens with one attached hydrogen (secondary N) is 1. The van der Waals surface area contributed by atoms with Gasteiger partial charge in [0.1, 0.15) is 41.2 Å². The van der Waals surface area contributed by atoms with Crippen molar-refractivity contribution in [3.05, 3.63) is 42.2 Å². The first-order valence-electron chi connectivity index (χ1n) is 10.2. The number of ether oxygens (including phenoxy) is 4. The molecule has 1 amide bonds. The quantitative estimate of drug-likeness (QED) is 0.509. The second kappa shape index (κ2) is 8.27. The zero-order valence-corrected chi connectivity index (χ0v) is 17.2. The molecule has 5 rings (SSSR count). The monoisotopic (exact) mass is 445 g/mol. The maximum absolute atomic E-state index is 13.1. The fraction of sp³-hybridized carbons (Fsp3) is 0.364. The first-order valence-corrected chi connectivity index (χ1v) is 10.2. The van der Waals surface area contributed by atoms with Crippen molar-refractivity contribution in [2.45, 2.75) is 31.6 Å². The minimum absolute atomic E-state index is 0.0490. The highest BCUT2D eigenvalue weighted by atomic mass is 19.3. The maximum Gasteiger partial charge on any atom is 0.387 e. The van der Waals surface area contributed by atoms with Crippen molar-refractivity contribution in [1.29, 1.82) is 0 Å². The van der Waals surface area contributed by atoms with Gasteiger partial charge in [-0.2, -0.15) is 8.78 Å². The van der Waals surface area contributed by atoms with E-state index in [4.69, 9.17) is 18.9 Å². The Hall–Kier alpha value is -3.40. The molecule has 2 aromatic heterocycles. The van der Waals surface area contributed by atoms with Gasteiger partial charge in [0.25, 0.3) is 5.91 Å². The van der Waals surface area contributed by atoms with Gasteiger partial charge < -0.3 is 24.3 Å². The molecule has 3 aromatic rings. The first-order chi connectivity index (χ1) is 15.5. The lowest BCUT2D eigenvalue weighted by Gasteiger charge is -2.16. The van der Waals surface area contributed by atoms with Crippen LogP contribution in [-0.4, -0.2) is 54.4 Å².